The summed E-state index contributed by atoms with van der Waals surface area (Å²) >= 11 is 3.37. The number of hydrogen-bond acceptors (Lipinski definition) is 4. The number of pyridine rings is 1. The Morgan fingerprint density at radius 3 is 2.94 bits per heavy atom. The third kappa shape index (κ3) is 1.57. The molecular weight excluding hydrogens is 270 g/mol. The number of nitrogens with zero attached hydrogens (tertiary/aromatic N) is 4. The Hall–Kier alpha value is -1.82. The fourth-order valence-electron chi connectivity index (χ4n) is 1.44. The molecule has 0 saturated heterocycles. The molecule has 0 fully saturated rings. The number of H-pyrrole nitrogens is 1. The first kappa shape index (κ1) is 9.41. The maximum atomic E-state index is 4.37. The standard InChI is InChI=1S/C10H6BrN5/c11-7-3-8-10(12-5-7)16-9(15-8)6-1-2-13-14-4-6/h1-5H,(H,12,15,16). The van der Waals surface area contributed by atoms with Gasteiger partial charge in [-0.15, -0.1) is 0 Å². The molecule has 6 heteroatoms. The second kappa shape index (κ2) is 3.64. The lowest BCUT2D eigenvalue weighted by Crippen LogP contribution is -1.83. The summed E-state index contributed by atoms with van der Waals surface area (Å²) in [5.74, 6) is 0.746. The molecule has 0 aliphatic carbocycles. The van der Waals surface area contributed by atoms with E-state index in [1.165, 1.54) is 0 Å². The second-order valence-corrected chi connectivity index (χ2v) is 4.16. The van der Waals surface area contributed by atoms with Gasteiger partial charge in [-0.3, -0.25) is 0 Å². The lowest BCUT2D eigenvalue weighted by Gasteiger charge is -1.91. The molecule has 3 aromatic heterocycles. The molecule has 0 unspecified atom stereocenters. The Morgan fingerprint density at radius 1 is 1.19 bits per heavy atom. The zero-order valence-corrected chi connectivity index (χ0v) is 9.64. The number of rotatable bonds is 1. The Bertz CT molecular complexity index is 634. The predicted octanol–water partition coefficient (Wildman–Crippen LogP) is 2.18. The zero-order chi connectivity index (χ0) is 11.0. The van der Waals surface area contributed by atoms with Crippen LogP contribution in [-0.4, -0.2) is 25.1 Å². The quantitative estimate of drug-likeness (QED) is 0.739. The maximum absolute atomic E-state index is 4.37. The van der Waals surface area contributed by atoms with Gasteiger partial charge in [-0.05, 0) is 28.1 Å². The normalized spacial score (nSPS) is 10.8. The van der Waals surface area contributed by atoms with Crippen LogP contribution in [0.15, 0.2) is 35.2 Å². The summed E-state index contributed by atoms with van der Waals surface area (Å²) < 4.78 is 0.919. The molecule has 0 aliphatic rings. The number of nitrogens with one attached hydrogen (secondary N) is 1. The van der Waals surface area contributed by atoms with Crippen LogP contribution in [0.2, 0.25) is 0 Å². The molecule has 3 heterocycles. The number of imidazole rings is 1. The smallest absolute Gasteiger partial charge is 0.178 e. The van der Waals surface area contributed by atoms with Crippen molar-refractivity contribution in [2.45, 2.75) is 0 Å². The van der Waals surface area contributed by atoms with Gasteiger partial charge in [0, 0.05) is 16.2 Å². The van der Waals surface area contributed by atoms with Gasteiger partial charge in [-0.1, -0.05) is 0 Å². The van der Waals surface area contributed by atoms with E-state index in [1.54, 1.807) is 18.6 Å². The van der Waals surface area contributed by atoms with Gasteiger partial charge in [0.2, 0.25) is 0 Å². The number of aromatic nitrogens is 5. The van der Waals surface area contributed by atoms with Gasteiger partial charge in [0.05, 0.1) is 17.9 Å². The number of fused-ring (bicyclic) bond motifs is 1. The van der Waals surface area contributed by atoms with E-state index in [0.29, 0.717) is 5.65 Å². The fourth-order valence-corrected chi connectivity index (χ4v) is 1.77. The van der Waals surface area contributed by atoms with E-state index >= 15 is 0 Å². The van der Waals surface area contributed by atoms with Crippen molar-refractivity contribution < 1.29 is 0 Å². The summed E-state index contributed by atoms with van der Waals surface area (Å²) in [6.07, 6.45) is 5.01. The van der Waals surface area contributed by atoms with Crippen molar-refractivity contribution in [2.75, 3.05) is 0 Å². The van der Waals surface area contributed by atoms with Crippen LogP contribution >= 0.6 is 15.9 Å². The predicted molar refractivity (Wildman–Crippen MR) is 62.6 cm³/mol. The van der Waals surface area contributed by atoms with Crippen LogP contribution in [0.4, 0.5) is 0 Å². The van der Waals surface area contributed by atoms with Crippen LogP contribution in [0.5, 0.6) is 0 Å². The van der Waals surface area contributed by atoms with E-state index < -0.39 is 0 Å². The molecule has 0 aromatic carbocycles. The molecule has 0 spiro atoms. The Morgan fingerprint density at radius 2 is 2.12 bits per heavy atom. The van der Waals surface area contributed by atoms with Gasteiger partial charge < -0.3 is 4.98 Å². The number of halogens is 1. The second-order valence-electron chi connectivity index (χ2n) is 3.24. The summed E-state index contributed by atoms with van der Waals surface area (Å²) in [6.45, 7) is 0. The van der Waals surface area contributed by atoms with Crippen LogP contribution in [0, 0.1) is 0 Å². The molecule has 0 saturated carbocycles. The summed E-state index contributed by atoms with van der Waals surface area (Å²) in [5, 5.41) is 7.53. The van der Waals surface area contributed by atoms with E-state index in [0.717, 1.165) is 21.4 Å². The average Bonchev–Trinajstić information content (AvgIpc) is 2.73. The van der Waals surface area contributed by atoms with Gasteiger partial charge in [0.15, 0.2) is 5.65 Å². The minimum atomic E-state index is 0.690. The molecular formula is C10H6BrN5. The summed E-state index contributed by atoms with van der Waals surface area (Å²) in [5.41, 5.74) is 2.47. The molecule has 0 amide bonds. The highest BCUT2D eigenvalue weighted by Gasteiger charge is 2.06. The molecule has 3 aromatic rings. The minimum absolute atomic E-state index is 0.690. The SMILES string of the molecule is Brc1cnc2nc(-c3ccnnc3)[nH]c2c1. The van der Waals surface area contributed by atoms with E-state index in [-0.39, 0.29) is 0 Å². The molecule has 3 rings (SSSR count). The highest BCUT2D eigenvalue weighted by molar-refractivity contribution is 9.10. The monoisotopic (exact) mass is 275 g/mol. The Labute approximate surface area is 99.1 Å². The topological polar surface area (TPSA) is 67.3 Å². The van der Waals surface area contributed by atoms with Gasteiger partial charge in [-0.25, -0.2) is 9.97 Å². The van der Waals surface area contributed by atoms with Gasteiger partial charge in [0.25, 0.3) is 0 Å². The molecule has 78 valence electrons. The molecule has 0 atom stereocenters. The van der Waals surface area contributed by atoms with Crippen molar-refractivity contribution >= 4 is 27.1 Å². The van der Waals surface area contributed by atoms with Crippen LogP contribution < -0.4 is 0 Å². The van der Waals surface area contributed by atoms with E-state index in [1.807, 2.05) is 12.1 Å². The molecule has 16 heavy (non-hydrogen) atoms. The lowest BCUT2D eigenvalue weighted by atomic mass is 10.3. The summed E-state index contributed by atoms with van der Waals surface area (Å²) in [6, 6.07) is 3.78. The van der Waals surface area contributed by atoms with Crippen molar-refractivity contribution in [1.82, 2.24) is 25.1 Å². The molecule has 1 N–H and O–H groups in total. The van der Waals surface area contributed by atoms with Crippen molar-refractivity contribution in [3.8, 4) is 11.4 Å². The first-order chi connectivity index (χ1) is 7.83. The van der Waals surface area contributed by atoms with E-state index in [4.69, 9.17) is 0 Å². The Kier molecular flexibility index (Phi) is 2.14. The summed E-state index contributed by atoms with van der Waals surface area (Å²) in [7, 11) is 0. The Balaban J connectivity index is 2.19. The third-order valence-electron chi connectivity index (χ3n) is 2.16. The third-order valence-corrected chi connectivity index (χ3v) is 2.60. The molecule has 5 nitrogen and oxygen atoms in total. The van der Waals surface area contributed by atoms with Crippen LogP contribution in [0.3, 0.4) is 0 Å². The lowest BCUT2D eigenvalue weighted by molar-refractivity contribution is 1.03. The van der Waals surface area contributed by atoms with Crippen molar-refractivity contribution in [3.63, 3.8) is 0 Å². The molecule has 0 radical (unpaired) electrons. The zero-order valence-electron chi connectivity index (χ0n) is 8.05. The molecule has 0 aliphatic heterocycles. The van der Waals surface area contributed by atoms with Crippen LogP contribution in [-0.2, 0) is 0 Å². The molecule has 0 bridgehead atoms. The van der Waals surface area contributed by atoms with Crippen molar-refractivity contribution in [3.05, 3.63) is 35.2 Å². The first-order valence-corrected chi connectivity index (χ1v) is 5.40. The maximum Gasteiger partial charge on any atom is 0.178 e. The minimum Gasteiger partial charge on any atom is -0.336 e. The number of aromatic amines is 1. The van der Waals surface area contributed by atoms with E-state index in [2.05, 4.69) is 41.1 Å². The number of hydrogen-bond donors (Lipinski definition) is 1. The highest BCUT2D eigenvalue weighted by atomic mass is 79.9. The highest BCUT2D eigenvalue weighted by Crippen LogP contribution is 2.20. The largest absolute Gasteiger partial charge is 0.336 e. The average molecular weight is 276 g/mol. The summed E-state index contributed by atoms with van der Waals surface area (Å²) in [4.78, 5) is 11.8. The first-order valence-electron chi connectivity index (χ1n) is 4.61. The fraction of sp³-hybridized carbons (Fsp3) is 0. The van der Waals surface area contributed by atoms with Gasteiger partial charge in [-0.2, -0.15) is 10.2 Å². The van der Waals surface area contributed by atoms with Gasteiger partial charge >= 0.3 is 0 Å². The van der Waals surface area contributed by atoms with Crippen molar-refractivity contribution in [1.29, 1.82) is 0 Å². The van der Waals surface area contributed by atoms with Crippen LogP contribution in [0.25, 0.3) is 22.6 Å². The van der Waals surface area contributed by atoms with Gasteiger partial charge in [0.1, 0.15) is 5.82 Å². The van der Waals surface area contributed by atoms with Crippen molar-refractivity contribution in [2.24, 2.45) is 0 Å². The van der Waals surface area contributed by atoms with E-state index in [9.17, 15) is 0 Å². The van der Waals surface area contributed by atoms with Crippen LogP contribution in [0.1, 0.15) is 0 Å².